The van der Waals surface area contributed by atoms with Crippen LogP contribution in [0.3, 0.4) is 0 Å². The normalized spacial score (nSPS) is 10.3. The zero-order chi connectivity index (χ0) is 19.1. The molecule has 0 aliphatic rings. The number of nitrogens with one attached hydrogen (secondary N) is 1. The molecule has 5 nitrogen and oxygen atoms in total. The van der Waals surface area contributed by atoms with E-state index < -0.39 is 17.5 Å². The standard InChI is InChI=1S/C19H20F2N2O3/c1-13(24)23(18-8-5-15(20)11-17(18)21)10-9-19(25)22-12-14-3-6-16(26-2)7-4-14/h3-8,11H,9-10,12H2,1-2H3,(H,22,25). The van der Waals surface area contributed by atoms with Crippen molar-refractivity contribution in [2.24, 2.45) is 0 Å². The smallest absolute Gasteiger partial charge is 0.223 e. The fourth-order valence-corrected chi connectivity index (χ4v) is 2.39. The Hall–Kier alpha value is -2.96. The van der Waals surface area contributed by atoms with E-state index >= 15 is 0 Å². The molecule has 0 aliphatic heterocycles. The highest BCUT2D eigenvalue weighted by Crippen LogP contribution is 2.20. The largest absolute Gasteiger partial charge is 0.497 e. The molecule has 0 saturated carbocycles. The van der Waals surface area contributed by atoms with Crippen LogP contribution in [0.25, 0.3) is 0 Å². The van der Waals surface area contributed by atoms with E-state index in [1.165, 1.54) is 13.0 Å². The van der Waals surface area contributed by atoms with E-state index in [9.17, 15) is 18.4 Å². The number of halogens is 2. The van der Waals surface area contributed by atoms with Gasteiger partial charge in [-0.1, -0.05) is 12.1 Å². The van der Waals surface area contributed by atoms with E-state index in [2.05, 4.69) is 5.32 Å². The lowest BCUT2D eigenvalue weighted by atomic mass is 10.2. The first kappa shape index (κ1) is 19.4. The Morgan fingerprint density at radius 1 is 1.12 bits per heavy atom. The lowest BCUT2D eigenvalue weighted by molar-refractivity contribution is -0.121. The van der Waals surface area contributed by atoms with Gasteiger partial charge in [-0.25, -0.2) is 8.78 Å². The molecule has 138 valence electrons. The summed E-state index contributed by atoms with van der Waals surface area (Å²) in [7, 11) is 1.57. The molecular weight excluding hydrogens is 342 g/mol. The molecule has 0 aromatic heterocycles. The molecule has 2 aromatic carbocycles. The molecular formula is C19H20F2N2O3. The maximum Gasteiger partial charge on any atom is 0.223 e. The van der Waals surface area contributed by atoms with Crippen molar-refractivity contribution in [3.8, 4) is 5.75 Å². The number of carbonyl (C=O) groups excluding carboxylic acids is 2. The van der Waals surface area contributed by atoms with Crippen molar-refractivity contribution < 1.29 is 23.1 Å². The SMILES string of the molecule is COc1ccc(CNC(=O)CCN(C(C)=O)c2ccc(F)cc2F)cc1. The molecule has 0 bridgehead atoms. The molecule has 0 atom stereocenters. The van der Waals surface area contributed by atoms with E-state index in [1.807, 2.05) is 12.1 Å². The zero-order valence-corrected chi connectivity index (χ0v) is 14.6. The summed E-state index contributed by atoms with van der Waals surface area (Å²) in [5.74, 6) is -1.57. The fraction of sp³-hybridized carbons (Fsp3) is 0.263. The van der Waals surface area contributed by atoms with Crippen molar-refractivity contribution in [2.45, 2.75) is 19.9 Å². The fourth-order valence-electron chi connectivity index (χ4n) is 2.39. The first-order valence-corrected chi connectivity index (χ1v) is 8.03. The minimum Gasteiger partial charge on any atom is -0.497 e. The summed E-state index contributed by atoms with van der Waals surface area (Å²) in [4.78, 5) is 24.9. The maximum atomic E-state index is 13.9. The van der Waals surface area contributed by atoms with Gasteiger partial charge in [0, 0.05) is 32.5 Å². The summed E-state index contributed by atoms with van der Waals surface area (Å²) in [6.07, 6.45) is -0.00739. The van der Waals surface area contributed by atoms with Gasteiger partial charge < -0.3 is 15.0 Å². The molecule has 26 heavy (non-hydrogen) atoms. The van der Waals surface area contributed by atoms with Crippen LogP contribution in [0.1, 0.15) is 18.9 Å². The van der Waals surface area contributed by atoms with Crippen LogP contribution < -0.4 is 15.0 Å². The first-order chi connectivity index (χ1) is 12.4. The average Bonchev–Trinajstić information content (AvgIpc) is 2.61. The van der Waals surface area contributed by atoms with Crippen molar-refractivity contribution in [2.75, 3.05) is 18.6 Å². The third-order valence-corrected chi connectivity index (χ3v) is 3.79. The quantitative estimate of drug-likeness (QED) is 0.824. The predicted octanol–water partition coefficient (Wildman–Crippen LogP) is 3.03. The summed E-state index contributed by atoms with van der Waals surface area (Å²) >= 11 is 0. The molecule has 0 aliphatic carbocycles. The van der Waals surface area contributed by atoms with Crippen LogP contribution in [0.2, 0.25) is 0 Å². The summed E-state index contributed by atoms with van der Waals surface area (Å²) in [6, 6.07) is 10.2. The maximum absolute atomic E-state index is 13.9. The lowest BCUT2D eigenvalue weighted by Crippen LogP contribution is -2.34. The average molecular weight is 362 g/mol. The van der Waals surface area contributed by atoms with Gasteiger partial charge in [0.15, 0.2) is 0 Å². The van der Waals surface area contributed by atoms with Gasteiger partial charge >= 0.3 is 0 Å². The number of hydrogen-bond donors (Lipinski definition) is 1. The van der Waals surface area contributed by atoms with E-state index in [0.29, 0.717) is 12.6 Å². The minimum absolute atomic E-state index is 0.00739. The third-order valence-electron chi connectivity index (χ3n) is 3.79. The number of nitrogens with zero attached hydrogens (tertiary/aromatic N) is 1. The van der Waals surface area contributed by atoms with Crippen molar-refractivity contribution >= 4 is 17.5 Å². The van der Waals surface area contributed by atoms with Gasteiger partial charge in [-0.05, 0) is 29.8 Å². The van der Waals surface area contributed by atoms with Gasteiger partial charge in [0.1, 0.15) is 17.4 Å². The number of methoxy groups -OCH3 is 1. The number of benzene rings is 2. The molecule has 0 unspecified atom stereocenters. The van der Waals surface area contributed by atoms with Gasteiger partial charge in [0.25, 0.3) is 0 Å². The highest BCUT2D eigenvalue weighted by molar-refractivity contribution is 5.92. The van der Waals surface area contributed by atoms with Gasteiger partial charge in [-0.3, -0.25) is 9.59 Å². The Labute approximate surface area is 150 Å². The van der Waals surface area contributed by atoms with Gasteiger partial charge in [-0.15, -0.1) is 0 Å². The molecule has 2 amide bonds. The van der Waals surface area contributed by atoms with Crippen LogP contribution in [0.15, 0.2) is 42.5 Å². The second kappa shape index (κ2) is 8.94. The third kappa shape index (κ3) is 5.27. The Morgan fingerprint density at radius 2 is 1.81 bits per heavy atom. The number of rotatable bonds is 7. The highest BCUT2D eigenvalue weighted by atomic mass is 19.1. The topological polar surface area (TPSA) is 58.6 Å². The van der Waals surface area contributed by atoms with Crippen LogP contribution in [0.5, 0.6) is 5.75 Å². The molecule has 0 spiro atoms. The van der Waals surface area contributed by atoms with Crippen LogP contribution in [0, 0.1) is 11.6 Å². The molecule has 0 heterocycles. The van der Waals surface area contributed by atoms with Gasteiger partial charge in [0.2, 0.25) is 11.8 Å². The number of ether oxygens (including phenoxy) is 1. The van der Waals surface area contributed by atoms with Crippen molar-refractivity contribution in [3.05, 3.63) is 59.7 Å². The predicted molar refractivity (Wildman–Crippen MR) is 93.8 cm³/mol. The second-order valence-corrected chi connectivity index (χ2v) is 5.64. The number of hydrogen-bond acceptors (Lipinski definition) is 3. The molecule has 1 N–H and O–H groups in total. The van der Waals surface area contributed by atoms with Crippen molar-refractivity contribution in [1.29, 1.82) is 0 Å². The molecule has 7 heteroatoms. The molecule has 0 saturated heterocycles. The van der Waals surface area contributed by atoms with E-state index in [-0.39, 0.29) is 24.6 Å². The minimum atomic E-state index is -0.848. The van der Waals surface area contributed by atoms with E-state index in [0.717, 1.165) is 22.3 Å². The Kier molecular flexibility index (Phi) is 6.66. The number of carbonyl (C=O) groups is 2. The highest BCUT2D eigenvalue weighted by Gasteiger charge is 2.17. The van der Waals surface area contributed by atoms with Crippen LogP contribution in [0.4, 0.5) is 14.5 Å². The van der Waals surface area contributed by atoms with E-state index in [4.69, 9.17) is 4.74 Å². The number of amides is 2. The molecule has 2 aromatic rings. The lowest BCUT2D eigenvalue weighted by Gasteiger charge is -2.21. The Bertz CT molecular complexity index is 779. The van der Waals surface area contributed by atoms with Crippen molar-refractivity contribution in [3.63, 3.8) is 0 Å². The zero-order valence-electron chi connectivity index (χ0n) is 14.6. The first-order valence-electron chi connectivity index (χ1n) is 8.03. The molecule has 2 rings (SSSR count). The monoisotopic (exact) mass is 362 g/mol. The summed E-state index contributed by atoms with van der Waals surface area (Å²) < 4.78 is 32.0. The van der Waals surface area contributed by atoms with Gasteiger partial charge in [0.05, 0.1) is 12.8 Å². The molecule has 0 fully saturated rings. The summed E-state index contributed by atoms with van der Waals surface area (Å²) in [5, 5.41) is 2.73. The van der Waals surface area contributed by atoms with E-state index in [1.54, 1.807) is 19.2 Å². The van der Waals surface area contributed by atoms with Gasteiger partial charge in [-0.2, -0.15) is 0 Å². The van der Waals surface area contributed by atoms with Crippen LogP contribution in [-0.4, -0.2) is 25.5 Å². The Morgan fingerprint density at radius 3 is 2.38 bits per heavy atom. The second-order valence-electron chi connectivity index (χ2n) is 5.64. The number of anilines is 1. The van der Waals surface area contributed by atoms with Crippen molar-refractivity contribution in [1.82, 2.24) is 5.32 Å². The van der Waals surface area contributed by atoms with Crippen LogP contribution >= 0.6 is 0 Å². The molecule has 0 radical (unpaired) electrons. The van der Waals surface area contributed by atoms with Crippen LogP contribution in [-0.2, 0) is 16.1 Å². The summed E-state index contributed by atoms with van der Waals surface area (Å²) in [6.45, 7) is 1.58. The Balaban J connectivity index is 1.91. The summed E-state index contributed by atoms with van der Waals surface area (Å²) in [5.41, 5.74) is 0.842.